The van der Waals surface area contributed by atoms with Gasteiger partial charge in [0.25, 0.3) is 0 Å². The molecule has 0 radical (unpaired) electrons. The van der Waals surface area contributed by atoms with Gasteiger partial charge in [-0.1, -0.05) is 127 Å². The van der Waals surface area contributed by atoms with E-state index >= 15 is 0 Å². The number of allylic oxidation sites excluding steroid dienone is 4. The fourth-order valence-electron chi connectivity index (χ4n) is 6.84. The maximum Gasteiger partial charge on any atom is 0.164 e. The Hall–Kier alpha value is -6.85. The van der Waals surface area contributed by atoms with Crippen LogP contribution in [-0.2, 0) is 0 Å². The summed E-state index contributed by atoms with van der Waals surface area (Å²) in [6, 6.07) is 52.1. The van der Waals surface area contributed by atoms with E-state index in [2.05, 4.69) is 104 Å². The third kappa shape index (κ3) is 6.80. The van der Waals surface area contributed by atoms with Crippen LogP contribution in [0, 0.1) is 6.92 Å². The van der Waals surface area contributed by atoms with Crippen LogP contribution in [-0.4, -0.2) is 24.9 Å². The lowest BCUT2D eigenvalue weighted by molar-refractivity contribution is 1.04. The molecule has 9 rings (SSSR count). The van der Waals surface area contributed by atoms with Gasteiger partial charge in [-0.2, -0.15) is 0 Å². The number of aromatic nitrogens is 5. The quantitative estimate of drug-likeness (QED) is 0.167. The molecule has 5 nitrogen and oxygen atoms in total. The zero-order chi connectivity index (χ0) is 35.6. The van der Waals surface area contributed by atoms with Crippen molar-refractivity contribution in [1.29, 1.82) is 0 Å². The largest absolute Gasteiger partial charge is 0.248 e. The molecular weight excluding hydrogens is 647 g/mol. The van der Waals surface area contributed by atoms with Gasteiger partial charge >= 0.3 is 0 Å². The Balaban J connectivity index is 1.18. The van der Waals surface area contributed by atoms with Crippen LogP contribution in [0.25, 0.3) is 84.3 Å². The molecular formula is C48H35N5. The average molecular weight is 682 g/mol. The molecule has 1 aliphatic rings. The number of hydrogen-bond donors (Lipinski definition) is 0. The van der Waals surface area contributed by atoms with Crippen molar-refractivity contribution in [3.8, 4) is 67.8 Å². The van der Waals surface area contributed by atoms with E-state index in [0.29, 0.717) is 17.5 Å². The van der Waals surface area contributed by atoms with Gasteiger partial charge in [-0.3, -0.25) is 0 Å². The first-order chi connectivity index (χ1) is 26.1. The Kier molecular flexibility index (Phi) is 8.50. The minimum absolute atomic E-state index is 0.598. The maximum absolute atomic E-state index is 5.08. The third-order valence-electron chi connectivity index (χ3n) is 9.56. The number of fused-ring (bicyclic) bond motifs is 1. The van der Waals surface area contributed by atoms with Crippen LogP contribution in [0.4, 0.5) is 0 Å². The van der Waals surface area contributed by atoms with Crippen molar-refractivity contribution in [3.63, 3.8) is 0 Å². The predicted molar refractivity (Wildman–Crippen MR) is 217 cm³/mol. The van der Waals surface area contributed by atoms with Crippen LogP contribution < -0.4 is 0 Å². The number of pyridine rings is 2. The predicted octanol–water partition coefficient (Wildman–Crippen LogP) is 11.9. The summed E-state index contributed by atoms with van der Waals surface area (Å²) in [5.74, 6) is 1.85. The number of nitrogens with zero attached hydrogens (tertiary/aromatic N) is 5. The molecule has 0 saturated heterocycles. The second kappa shape index (κ2) is 14.0. The van der Waals surface area contributed by atoms with Crippen molar-refractivity contribution in [3.05, 3.63) is 181 Å². The standard InChI is InChI=1S/C48H35N5/c1-32-27-44(34-13-5-2-6-14-34)50-45(28-32)36-23-21-33(22-24-36)39-29-40(43-26-25-35-15-11-12-20-42(35)49-43)31-41(30-39)48-52-46(37-16-7-3-8-17-37)51-47(53-48)38-18-9-4-10-19-38/h3-5,7-31H,2,6H2,1H3. The molecule has 5 heteroatoms. The second-order valence-electron chi connectivity index (χ2n) is 13.4. The smallest absolute Gasteiger partial charge is 0.164 e. The average Bonchev–Trinajstić information content (AvgIpc) is 3.24. The van der Waals surface area contributed by atoms with Crippen molar-refractivity contribution < 1.29 is 0 Å². The molecule has 8 aromatic rings. The van der Waals surface area contributed by atoms with Crippen LogP contribution in [0.1, 0.15) is 24.1 Å². The lowest BCUT2D eigenvalue weighted by Crippen LogP contribution is -2.00. The van der Waals surface area contributed by atoms with Gasteiger partial charge in [0.2, 0.25) is 0 Å². The molecule has 0 amide bonds. The van der Waals surface area contributed by atoms with Crippen molar-refractivity contribution in [2.45, 2.75) is 19.8 Å². The van der Waals surface area contributed by atoms with E-state index in [1.54, 1.807) is 0 Å². The monoisotopic (exact) mass is 681 g/mol. The van der Waals surface area contributed by atoms with Gasteiger partial charge in [-0.25, -0.2) is 24.9 Å². The lowest BCUT2D eigenvalue weighted by Gasteiger charge is -2.13. The molecule has 0 bridgehead atoms. The van der Waals surface area contributed by atoms with Crippen molar-refractivity contribution >= 4 is 16.5 Å². The Morgan fingerprint density at radius 3 is 1.70 bits per heavy atom. The molecule has 0 saturated carbocycles. The topological polar surface area (TPSA) is 64.5 Å². The summed E-state index contributed by atoms with van der Waals surface area (Å²) in [6.07, 6.45) is 8.82. The molecule has 0 fully saturated rings. The molecule has 0 N–H and O–H groups in total. The van der Waals surface area contributed by atoms with Gasteiger partial charge in [-0.05, 0) is 84.5 Å². The normalized spacial score (nSPS) is 12.5. The van der Waals surface area contributed by atoms with Crippen LogP contribution in [0.15, 0.2) is 170 Å². The molecule has 3 aromatic heterocycles. The second-order valence-corrected chi connectivity index (χ2v) is 13.4. The van der Waals surface area contributed by atoms with E-state index in [0.717, 1.165) is 79.8 Å². The highest BCUT2D eigenvalue weighted by Gasteiger charge is 2.16. The van der Waals surface area contributed by atoms with E-state index < -0.39 is 0 Å². The molecule has 0 atom stereocenters. The first-order valence-corrected chi connectivity index (χ1v) is 18.0. The fraction of sp³-hybridized carbons (Fsp3) is 0.0625. The number of para-hydroxylation sites is 1. The molecule has 5 aromatic carbocycles. The SMILES string of the molecule is Cc1cc(C2=CCCC=C2)nc(-c2ccc(-c3cc(-c4ccc5ccccc5n4)cc(-c4nc(-c5ccccc5)nc(-c5ccccc5)n4)c3)cc2)c1. The minimum Gasteiger partial charge on any atom is -0.248 e. The lowest BCUT2D eigenvalue weighted by atomic mass is 9.96. The van der Waals surface area contributed by atoms with E-state index in [1.807, 2.05) is 72.8 Å². The van der Waals surface area contributed by atoms with E-state index in [4.69, 9.17) is 24.9 Å². The minimum atomic E-state index is 0.598. The number of benzene rings is 5. The van der Waals surface area contributed by atoms with Crippen molar-refractivity contribution in [2.75, 3.05) is 0 Å². The van der Waals surface area contributed by atoms with Gasteiger partial charge in [0.15, 0.2) is 17.5 Å². The fourth-order valence-corrected chi connectivity index (χ4v) is 6.84. The summed E-state index contributed by atoms with van der Waals surface area (Å²) in [5, 5.41) is 1.10. The van der Waals surface area contributed by atoms with Gasteiger partial charge < -0.3 is 0 Å². The van der Waals surface area contributed by atoms with Gasteiger partial charge in [0.05, 0.1) is 22.6 Å². The summed E-state index contributed by atoms with van der Waals surface area (Å²) in [6.45, 7) is 2.14. The van der Waals surface area contributed by atoms with Gasteiger partial charge in [-0.15, -0.1) is 0 Å². The van der Waals surface area contributed by atoms with Crippen molar-refractivity contribution in [2.24, 2.45) is 0 Å². The van der Waals surface area contributed by atoms with Crippen LogP contribution in [0.5, 0.6) is 0 Å². The summed E-state index contributed by atoms with van der Waals surface area (Å²) in [4.78, 5) is 25.2. The van der Waals surface area contributed by atoms with Crippen LogP contribution in [0.3, 0.4) is 0 Å². The molecule has 0 aliphatic heterocycles. The summed E-state index contributed by atoms with van der Waals surface area (Å²) in [5.41, 5.74) is 13.1. The van der Waals surface area contributed by atoms with Crippen LogP contribution in [0.2, 0.25) is 0 Å². The Labute approximate surface area is 309 Å². The summed E-state index contributed by atoms with van der Waals surface area (Å²) in [7, 11) is 0. The summed E-state index contributed by atoms with van der Waals surface area (Å²) < 4.78 is 0. The zero-order valence-corrected chi connectivity index (χ0v) is 29.3. The Bertz CT molecular complexity index is 2600. The van der Waals surface area contributed by atoms with Crippen LogP contribution >= 0.6 is 0 Å². The molecule has 1 aliphatic carbocycles. The Morgan fingerprint density at radius 1 is 0.396 bits per heavy atom. The third-order valence-corrected chi connectivity index (χ3v) is 9.56. The summed E-state index contributed by atoms with van der Waals surface area (Å²) >= 11 is 0. The highest BCUT2D eigenvalue weighted by molar-refractivity contribution is 5.85. The first-order valence-electron chi connectivity index (χ1n) is 18.0. The number of hydrogen-bond acceptors (Lipinski definition) is 5. The Morgan fingerprint density at radius 2 is 1.00 bits per heavy atom. The van der Waals surface area contributed by atoms with E-state index in [9.17, 15) is 0 Å². The van der Waals surface area contributed by atoms with Crippen molar-refractivity contribution in [1.82, 2.24) is 24.9 Å². The number of rotatable bonds is 7. The molecule has 0 spiro atoms. The number of aryl methyl sites for hydroxylation is 1. The van der Waals surface area contributed by atoms with Gasteiger partial charge in [0, 0.05) is 33.2 Å². The van der Waals surface area contributed by atoms with E-state index in [-0.39, 0.29) is 0 Å². The molecule has 53 heavy (non-hydrogen) atoms. The molecule has 3 heterocycles. The highest BCUT2D eigenvalue weighted by atomic mass is 15.0. The highest BCUT2D eigenvalue weighted by Crippen LogP contribution is 2.35. The van der Waals surface area contributed by atoms with Gasteiger partial charge in [0.1, 0.15) is 0 Å². The molecule has 0 unspecified atom stereocenters. The first kappa shape index (κ1) is 32.1. The zero-order valence-electron chi connectivity index (χ0n) is 29.3. The maximum atomic E-state index is 5.08. The van der Waals surface area contributed by atoms with E-state index in [1.165, 1.54) is 11.1 Å². The molecule has 252 valence electrons.